The van der Waals surface area contributed by atoms with E-state index in [0.29, 0.717) is 116 Å². The van der Waals surface area contributed by atoms with Gasteiger partial charge >= 0.3 is 3.18 Å². The Bertz CT molecular complexity index is 5570. The molecule has 125 heavy (non-hydrogen) atoms. The van der Waals surface area contributed by atoms with Crippen LogP contribution in [0.25, 0.3) is 41.1 Å². The molecule has 32 heteroatoms. The van der Waals surface area contributed by atoms with Crippen LogP contribution in [0.1, 0.15) is 124 Å². The quantitative estimate of drug-likeness (QED) is 0.0182. The Hall–Kier alpha value is -9.84. The van der Waals surface area contributed by atoms with Gasteiger partial charge in [-0.2, -0.15) is 0 Å². The predicted molar refractivity (Wildman–Crippen MR) is 496 cm³/mol. The summed E-state index contributed by atoms with van der Waals surface area (Å²) in [7, 11) is 0. The molecule has 650 valence electrons. The summed E-state index contributed by atoms with van der Waals surface area (Å²) in [6.45, 7) is 6.97. The molecule has 8 amide bonds. The number of phenols is 1. The molecule has 4 aliphatic rings. The molecule has 0 spiro atoms. The summed E-state index contributed by atoms with van der Waals surface area (Å²) in [5, 5.41) is 16.4. The number of hydrogen-bond donors (Lipinski definition) is 3. The number of hydrogen-bond acceptors (Lipinski definition) is 22. The van der Waals surface area contributed by atoms with Gasteiger partial charge in [-0.3, -0.25) is 58.8 Å². The topological polar surface area (TPSA) is 289 Å². The van der Waals surface area contributed by atoms with Crippen molar-refractivity contribution < 1.29 is 95.6 Å². The highest BCUT2D eigenvalue weighted by Gasteiger charge is 2.46. The fourth-order valence-electron chi connectivity index (χ4n) is 13.9. The first-order valence-electron chi connectivity index (χ1n) is 40.8. The summed E-state index contributed by atoms with van der Waals surface area (Å²) in [4.78, 5) is 103. The number of nitrogens with one attached hydrogen (secondary N) is 2. The van der Waals surface area contributed by atoms with Crippen LogP contribution < -0.4 is 43.8 Å². The molecule has 3 N–H and O–H groups in total. The number of imide groups is 4. The highest BCUT2D eigenvalue weighted by Crippen LogP contribution is 2.50. The van der Waals surface area contributed by atoms with Gasteiger partial charge in [-0.05, 0) is 214 Å². The molecular weight excluding hydrogens is 1970 g/mol. The van der Waals surface area contributed by atoms with Crippen LogP contribution in [-0.4, -0.2) is 157 Å². The number of unbranched alkanes of at least 4 members (excludes halogenated alkanes) is 2. The largest absolute Gasteiger partial charge is 0.508 e. The van der Waals surface area contributed by atoms with Crippen LogP contribution in [0.4, 0.5) is 0 Å². The number of phenolic OH excluding ortho intramolecular Hbond substituents is 1. The van der Waals surface area contributed by atoms with Crippen molar-refractivity contribution in [2.24, 2.45) is 0 Å². The van der Waals surface area contributed by atoms with Gasteiger partial charge in [0.25, 0.3) is 23.6 Å². The minimum absolute atomic E-state index is 0.0693. The van der Waals surface area contributed by atoms with Crippen molar-refractivity contribution in [3.05, 3.63) is 237 Å². The number of carbonyl (C=O) groups is 8. The average molecular weight is 2060 g/mol. The van der Waals surface area contributed by atoms with E-state index >= 15 is 0 Å². The van der Waals surface area contributed by atoms with Crippen LogP contribution in [0.15, 0.2) is 209 Å². The monoisotopic (exact) mass is 2050 g/mol. The van der Waals surface area contributed by atoms with E-state index in [4.69, 9.17) is 52.1 Å². The third-order valence-corrected chi connectivity index (χ3v) is 23.5. The van der Waals surface area contributed by atoms with Gasteiger partial charge in [0.2, 0.25) is 23.6 Å². The first-order chi connectivity index (χ1) is 60.8. The molecule has 2 saturated heterocycles. The van der Waals surface area contributed by atoms with E-state index in [-0.39, 0.29) is 56.9 Å². The van der Waals surface area contributed by atoms with Gasteiger partial charge in [0.1, 0.15) is 64.7 Å². The number of ether oxygens (including phenoxy) is 11. The van der Waals surface area contributed by atoms with Gasteiger partial charge < -0.3 is 57.2 Å². The molecule has 4 aliphatic heterocycles. The van der Waals surface area contributed by atoms with Crippen molar-refractivity contribution in [1.82, 2.24) is 20.4 Å². The molecule has 0 radical (unpaired) electrons. The number of piperidine rings is 2. The van der Waals surface area contributed by atoms with E-state index < -0.39 is 59.3 Å². The zero-order valence-corrected chi connectivity index (χ0v) is 77.3. The summed E-state index contributed by atoms with van der Waals surface area (Å²) in [6.07, 6.45) is 6.62. The Kier molecular flexibility index (Phi) is 34.6. The smallest absolute Gasteiger partial charge is 0.369 e. The maximum Gasteiger partial charge on any atom is 0.369 e. The van der Waals surface area contributed by atoms with E-state index in [1.165, 1.54) is 24.3 Å². The number of amides is 8. The molecule has 2 fully saturated rings. The number of rotatable bonds is 41. The fourth-order valence-corrected chi connectivity index (χ4v) is 16.7. The molecule has 0 bridgehead atoms. The summed E-state index contributed by atoms with van der Waals surface area (Å²) < 4.78 is 69.9. The highest BCUT2D eigenvalue weighted by atomic mass is 79.9. The van der Waals surface area contributed by atoms with E-state index in [1.807, 2.05) is 115 Å². The summed E-state index contributed by atoms with van der Waals surface area (Å²) in [6, 6.07) is 60.6. The molecule has 0 saturated carbocycles. The van der Waals surface area contributed by atoms with Gasteiger partial charge in [0.15, 0.2) is 11.5 Å². The maximum absolute atomic E-state index is 13.0. The molecule has 6 heterocycles. The number of nitrogens with zero attached hydrogens (tertiary/aromatic N) is 2. The van der Waals surface area contributed by atoms with Gasteiger partial charge in [0.05, 0.1) is 58.4 Å². The molecule has 2 unspecified atom stereocenters. The molecule has 11 aromatic rings. The third-order valence-electron chi connectivity index (χ3n) is 20.1. The Balaban J connectivity index is 0.000000207. The standard InChI is InChI=1S/C50H47BrN2O10S.C43H41BrN2O10S.BBr3/c51-35-12-10-34(11-13-35)47-46(41-21-19-39(31-44(41)64-47)62-32-33-8-2-1-3-9-33)63-37-16-14-36(15-17-37)60-28-5-4-24-58-25-6-26-59-27-7-29-61-38-18-20-40-42(30-38)50(57)53(49(40)56)43-22-23-45(54)52-48(43)55;44-28-7-5-27(6-8-28)40-39(34-15-9-29(47)25-37(34)57-40)56-31-12-10-30(11-13-31)54-23-2-1-19-52-20-3-21-53-22-4-24-55-32-14-16-33-35(26-32)43(51)46(42(33)50)36-17-18-38(48)45-41(36)49;2-1(3)4/h1-3,8-21,30-31,43H,4-7,22-29,32H2,(H,52,54,55);5-16,25-26,36,47H,1-4,17-24H2,(H,45,48,49);. The predicted octanol–water partition coefficient (Wildman–Crippen LogP) is 20.6. The molecule has 2 atom stereocenters. The van der Waals surface area contributed by atoms with Crippen molar-refractivity contribution in [2.75, 3.05) is 79.3 Å². The maximum atomic E-state index is 13.0. The molecular formula is C93H88BBr5N4O20S2. The van der Waals surface area contributed by atoms with Crippen molar-refractivity contribution in [1.29, 1.82) is 0 Å². The SMILES string of the molecule is BrB(Br)Br.O=C1CCC(N2C(=O)c3ccc(OCCCOCCCOCCCCOc4ccc(Oc5c(-c6ccc(Br)cc6)sc6cc(O)ccc56)cc4)cc3C2=O)C(=O)N1.O=C1CCC(N2C(=O)c3ccc(OCCCOCCCOCCCCOc4ccc(Oc5c(-c6ccc(Br)cc6)sc6cc(OCc7ccccc7)ccc56)cc4)cc3C2=O)C(=O)N1. The average Bonchev–Trinajstić information content (AvgIpc) is 1.62. The number of halogens is 5. The second-order valence-electron chi connectivity index (χ2n) is 29.0. The van der Waals surface area contributed by atoms with Crippen LogP contribution in [0.2, 0.25) is 0 Å². The van der Waals surface area contributed by atoms with Crippen molar-refractivity contribution in [3.63, 3.8) is 0 Å². The lowest BCUT2D eigenvalue weighted by Crippen LogP contribution is -2.54. The highest BCUT2D eigenvalue weighted by molar-refractivity contribution is 9.69. The normalized spacial score (nSPS) is 14.7. The van der Waals surface area contributed by atoms with Crippen LogP contribution in [0.5, 0.6) is 57.5 Å². The number of carbonyl (C=O) groups excluding carboxylic acids is 8. The molecule has 9 aromatic carbocycles. The molecule has 0 aliphatic carbocycles. The minimum Gasteiger partial charge on any atom is -0.508 e. The first kappa shape index (κ1) is 92.8. The van der Waals surface area contributed by atoms with Gasteiger partial charge in [-0.15, -0.1) is 69.9 Å². The van der Waals surface area contributed by atoms with Crippen LogP contribution in [-0.2, 0) is 44.7 Å². The second-order valence-corrected chi connectivity index (χ2v) is 39.4. The molecule has 2 aromatic heterocycles. The van der Waals surface area contributed by atoms with Crippen molar-refractivity contribution >= 4 is 172 Å². The summed E-state index contributed by atoms with van der Waals surface area (Å²) >= 11 is 19.6. The zero-order valence-electron chi connectivity index (χ0n) is 67.8. The second kappa shape index (κ2) is 46.6. The summed E-state index contributed by atoms with van der Waals surface area (Å²) in [5.41, 5.74) is 4.01. The van der Waals surface area contributed by atoms with Crippen LogP contribution in [0.3, 0.4) is 0 Å². The Labute approximate surface area is 772 Å². The number of benzene rings is 9. The van der Waals surface area contributed by atoms with Gasteiger partial charge in [0, 0.05) is 108 Å². The Morgan fingerprint density at radius 2 is 0.712 bits per heavy atom. The Morgan fingerprint density at radius 1 is 0.368 bits per heavy atom. The first-order valence-corrected chi connectivity index (χ1v) is 46.8. The van der Waals surface area contributed by atoms with Crippen molar-refractivity contribution in [3.8, 4) is 78.4 Å². The third kappa shape index (κ3) is 26.0. The van der Waals surface area contributed by atoms with Crippen LogP contribution >= 0.6 is 102 Å². The van der Waals surface area contributed by atoms with E-state index in [0.717, 1.165) is 138 Å². The number of thiophene rings is 2. The van der Waals surface area contributed by atoms with Gasteiger partial charge in [-0.1, -0.05) is 86.5 Å². The molecule has 24 nitrogen and oxygen atoms in total. The van der Waals surface area contributed by atoms with Crippen LogP contribution in [0, 0.1) is 0 Å². The number of aromatic hydroxyl groups is 1. The lowest BCUT2D eigenvalue weighted by atomic mass is 10.0. The summed E-state index contributed by atoms with van der Waals surface area (Å²) in [5.74, 6) is 2.08. The fraction of sp³-hybridized carbons (Fsp3) is 0.290. The minimum atomic E-state index is -1.00. The van der Waals surface area contributed by atoms with Gasteiger partial charge in [-0.25, -0.2) is 0 Å². The van der Waals surface area contributed by atoms with E-state index in [9.17, 15) is 43.5 Å². The zero-order chi connectivity index (χ0) is 87.6. The van der Waals surface area contributed by atoms with E-state index in [1.54, 1.807) is 46.9 Å². The molecule has 15 rings (SSSR count). The Morgan fingerprint density at radius 3 is 1.14 bits per heavy atom. The van der Waals surface area contributed by atoms with E-state index in [2.05, 4.69) is 126 Å². The van der Waals surface area contributed by atoms with Crippen molar-refractivity contribution in [2.45, 2.75) is 95.7 Å². The number of fused-ring (bicyclic) bond motifs is 4. The lowest BCUT2D eigenvalue weighted by Gasteiger charge is -2.27. The lowest BCUT2D eigenvalue weighted by molar-refractivity contribution is -0.137.